The molecule has 2 aromatic carbocycles. The van der Waals surface area contributed by atoms with Gasteiger partial charge in [0.15, 0.2) is 0 Å². The first-order chi connectivity index (χ1) is 16.1. The Hall–Kier alpha value is -3.00. The van der Waals surface area contributed by atoms with E-state index in [0.717, 1.165) is 11.1 Å². The molecule has 2 aromatic rings. The Labute approximate surface area is 195 Å². The number of nitrogens with one attached hydrogen (secondary N) is 1. The van der Waals surface area contributed by atoms with Crippen molar-refractivity contribution in [1.29, 1.82) is 0 Å². The van der Waals surface area contributed by atoms with Gasteiger partial charge in [-0.05, 0) is 17.5 Å². The van der Waals surface area contributed by atoms with E-state index in [0.29, 0.717) is 19.6 Å². The molecule has 33 heavy (non-hydrogen) atoms. The first kappa shape index (κ1) is 26.3. The second-order valence-corrected chi connectivity index (χ2v) is 7.84. The average molecular weight is 455 g/mol. The van der Waals surface area contributed by atoms with Crippen LogP contribution in [0.5, 0.6) is 0 Å². The summed E-state index contributed by atoms with van der Waals surface area (Å²) in [5.41, 5.74) is 1.94. The fraction of sp³-hybridized carbons (Fsp3) is 0.385. The zero-order chi connectivity index (χ0) is 23.9. The topological polar surface area (TPSA) is 99.1 Å². The highest BCUT2D eigenvalue weighted by atomic mass is 16.5. The minimum Gasteiger partial charge on any atom is -0.395 e. The maximum atomic E-state index is 12.9. The van der Waals surface area contributed by atoms with Gasteiger partial charge in [-0.2, -0.15) is 0 Å². The number of carbonyl (C=O) groups is 2. The Morgan fingerprint density at radius 2 is 1.67 bits per heavy atom. The zero-order valence-corrected chi connectivity index (χ0v) is 18.9. The van der Waals surface area contributed by atoms with Gasteiger partial charge < -0.3 is 25.2 Å². The van der Waals surface area contributed by atoms with Crippen molar-refractivity contribution in [2.24, 2.45) is 5.92 Å². The summed E-state index contributed by atoms with van der Waals surface area (Å²) in [5.74, 6) is -1.19. The van der Waals surface area contributed by atoms with Crippen molar-refractivity contribution in [1.82, 2.24) is 10.2 Å². The van der Waals surface area contributed by atoms with Crippen LogP contribution in [0.2, 0.25) is 0 Å². The van der Waals surface area contributed by atoms with Crippen LogP contribution in [0.25, 0.3) is 0 Å². The van der Waals surface area contributed by atoms with E-state index in [4.69, 9.17) is 4.74 Å². The minimum atomic E-state index is -0.630. The van der Waals surface area contributed by atoms with Crippen LogP contribution in [-0.2, 0) is 27.5 Å². The van der Waals surface area contributed by atoms with Gasteiger partial charge in [0.2, 0.25) is 11.8 Å². The quantitative estimate of drug-likeness (QED) is 0.359. The molecule has 0 heterocycles. The predicted molar refractivity (Wildman–Crippen MR) is 127 cm³/mol. The van der Waals surface area contributed by atoms with Crippen molar-refractivity contribution in [3.05, 3.63) is 84.4 Å². The molecule has 2 atom stereocenters. The lowest BCUT2D eigenvalue weighted by atomic mass is 9.98. The third-order valence-corrected chi connectivity index (χ3v) is 5.18. The maximum absolute atomic E-state index is 12.9. The van der Waals surface area contributed by atoms with E-state index in [9.17, 15) is 19.8 Å². The number of amides is 2. The minimum absolute atomic E-state index is 0.0201. The third-order valence-electron chi connectivity index (χ3n) is 5.18. The van der Waals surface area contributed by atoms with Gasteiger partial charge in [-0.15, -0.1) is 6.58 Å². The number of carbonyl (C=O) groups excluding carboxylic acids is 2. The number of aliphatic hydroxyl groups excluding tert-OH is 2. The van der Waals surface area contributed by atoms with Gasteiger partial charge >= 0.3 is 0 Å². The maximum Gasteiger partial charge on any atom is 0.224 e. The molecule has 7 heteroatoms. The summed E-state index contributed by atoms with van der Waals surface area (Å²) in [6.07, 6.45) is 1.90. The summed E-state index contributed by atoms with van der Waals surface area (Å²) < 4.78 is 5.63. The van der Waals surface area contributed by atoms with Crippen molar-refractivity contribution in [3.8, 4) is 0 Å². The lowest BCUT2D eigenvalue weighted by Crippen LogP contribution is -2.45. The van der Waals surface area contributed by atoms with Crippen LogP contribution in [0, 0.1) is 5.92 Å². The van der Waals surface area contributed by atoms with E-state index < -0.39 is 12.0 Å². The van der Waals surface area contributed by atoms with E-state index in [1.807, 2.05) is 60.7 Å². The van der Waals surface area contributed by atoms with E-state index in [-0.39, 0.29) is 44.6 Å². The lowest BCUT2D eigenvalue weighted by molar-refractivity contribution is -0.137. The van der Waals surface area contributed by atoms with Crippen LogP contribution in [-0.4, -0.2) is 59.3 Å². The molecule has 3 N–H and O–H groups in total. The molecule has 0 radical (unpaired) electrons. The van der Waals surface area contributed by atoms with E-state index in [1.165, 1.54) is 0 Å². The number of aliphatic hydroxyl groups is 2. The van der Waals surface area contributed by atoms with Crippen molar-refractivity contribution < 1.29 is 24.5 Å². The first-order valence-corrected chi connectivity index (χ1v) is 11.1. The molecular formula is C26H34N2O5. The van der Waals surface area contributed by atoms with E-state index in [1.54, 1.807) is 11.0 Å². The fourth-order valence-electron chi connectivity index (χ4n) is 3.39. The molecule has 2 rings (SSSR count). The highest BCUT2D eigenvalue weighted by Crippen LogP contribution is 2.15. The third kappa shape index (κ3) is 9.57. The zero-order valence-electron chi connectivity index (χ0n) is 18.9. The summed E-state index contributed by atoms with van der Waals surface area (Å²) in [6, 6.07) is 18.5. The SMILES string of the molecule is C=CC[C@H](CC(=O)N(CCO)Cc1ccccc1)C(=O)N[C@H](CO)COCc1ccccc1. The number of hydrogen-bond acceptors (Lipinski definition) is 5. The van der Waals surface area contributed by atoms with Gasteiger partial charge in [0.1, 0.15) is 0 Å². The monoisotopic (exact) mass is 454 g/mol. The number of nitrogens with zero attached hydrogens (tertiary/aromatic N) is 1. The molecule has 0 fully saturated rings. The van der Waals surface area contributed by atoms with Crippen LogP contribution in [0.3, 0.4) is 0 Å². The molecule has 0 unspecified atom stereocenters. The summed E-state index contributed by atoms with van der Waals surface area (Å²) >= 11 is 0. The molecule has 0 saturated carbocycles. The second kappa shape index (κ2) is 14.9. The smallest absolute Gasteiger partial charge is 0.224 e. The number of hydrogen-bond donors (Lipinski definition) is 3. The van der Waals surface area contributed by atoms with Crippen molar-refractivity contribution >= 4 is 11.8 Å². The molecule has 178 valence electrons. The Morgan fingerprint density at radius 1 is 1.03 bits per heavy atom. The Morgan fingerprint density at radius 3 is 2.24 bits per heavy atom. The standard InChI is InChI=1S/C26H34N2O5/c1-2-9-23(16-25(31)28(14-15-29)17-21-10-5-3-6-11-21)26(32)27-24(18-30)20-33-19-22-12-7-4-8-13-22/h2-8,10-13,23-24,29-30H,1,9,14-20H2,(H,27,32)/t23-,24-/m1/s1. The molecule has 0 aromatic heterocycles. The summed E-state index contributed by atoms with van der Waals surface area (Å²) in [4.78, 5) is 27.3. The van der Waals surface area contributed by atoms with Crippen LogP contribution in [0.4, 0.5) is 0 Å². The molecule has 0 spiro atoms. The Bertz CT molecular complexity index is 844. The van der Waals surface area contributed by atoms with Gasteiger partial charge in [0.25, 0.3) is 0 Å². The fourth-order valence-corrected chi connectivity index (χ4v) is 3.39. The molecule has 0 aliphatic rings. The van der Waals surface area contributed by atoms with E-state index >= 15 is 0 Å². The number of rotatable bonds is 15. The van der Waals surface area contributed by atoms with Crippen molar-refractivity contribution in [2.45, 2.75) is 32.0 Å². The summed E-state index contributed by atoms with van der Waals surface area (Å²) in [7, 11) is 0. The van der Waals surface area contributed by atoms with Gasteiger partial charge in [0, 0.05) is 19.5 Å². The molecule has 0 aliphatic heterocycles. The molecule has 7 nitrogen and oxygen atoms in total. The highest BCUT2D eigenvalue weighted by Gasteiger charge is 2.25. The number of ether oxygens (including phenoxy) is 1. The predicted octanol–water partition coefficient (Wildman–Crippen LogP) is 2.28. The van der Waals surface area contributed by atoms with Crippen LogP contribution in [0.15, 0.2) is 73.3 Å². The summed E-state index contributed by atoms with van der Waals surface area (Å²) in [6.45, 7) is 4.32. The number of allylic oxidation sites excluding steroid dienone is 1. The van der Waals surface area contributed by atoms with Crippen LogP contribution in [0.1, 0.15) is 24.0 Å². The average Bonchev–Trinajstić information content (AvgIpc) is 2.84. The lowest BCUT2D eigenvalue weighted by Gasteiger charge is -2.25. The number of benzene rings is 2. The van der Waals surface area contributed by atoms with E-state index in [2.05, 4.69) is 11.9 Å². The largest absolute Gasteiger partial charge is 0.395 e. The Balaban J connectivity index is 1.92. The van der Waals surface area contributed by atoms with Gasteiger partial charge in [-0.1, -0.05) is 66.7 Å². The second-order valence-electron chi connectivity index (χ2n) is 7.84. The van der Waals surface area contributed by atoms with Gasteiger partial charge in [0.05, 0.1) is 38.4 Å². The van der Waals surface area contributed by atoms with Crippen LogP contribution >= 0.6 is 0 Å². The highest BCUT2D eigenvalue weighted by molar-refractivity contribution is 5.86. The molecular weight excluding hydrogens is 420 g/mol. The van der Waals surface area contributed by atoms with Gasteiger partial charge in [-0.25, -0.2) is 0 Å². The van der Waals surface area contributed by atoms with Crippen LogP contribution < -0.4 is 5.32 Å². The Kier molecular flexibility index (Phi) is 11.9. The normalized spacial score (nSPS) is 12.5. The molecule has 2 amide bonds. The molecule has 0 aliphatic carbocycles. The molecule has 0 bridgehead atoms. The van der Waals surface area contributed by atoms with Gasteiger partial charge in [-0.3, -0.25) is 9.59 Å². The van der Waals surface area contributed by atoms with Crippen molar-refractivity contribution in [2.75, 3.05) is 26.4 Å². The molecule has 0 saturated heterocycles. The summed E-state index contributed by atoms with van der Waals surface area (Å²) in [5, 5.41) is 21.8. The van der Waals surface area contributed by atoms with Crippen molar-refractivity contribution in [3.63, 3.8) is 0 Å². The first-order valence-electron chi connectivity index (χ1n) is 11.1.